The molecule has 3 rings (SSSR count). The summed E-state index contributed by atoms with van der Waals surface area (Å²) in [6, 6.07) is 7.35. The van der Waals surface area contributed by atoms with E-state index in [0.29, 0.717) is 6.04 Å². The molecule has 1 N–H and O–H groups in total. The molecule has 1 aromatic carbocycles. The van der Waals surface area contributed by atoms with Crippen LogP contribution in [0.25, 0.3) is 11.1 Å². The van der Waals surface area contributed by atoms with Gasteiger partial charge in [0.15, 0.2) is 0 Å². The maximum atomic E-state index is 4.57. The fraction of sp³-hybridized carbons (Fsp3) is 0.471. The van der Waals surface area contributed by atoms with Crippen LogP contribution in [0.15, 0.2) is 18.2 Å². The second kappa shape index (κ2) is 6.20. The molecule has 0 saturated heterocycles. The van der Waals surface area contributed by atoms with Gasteiger partial charge in [0.2, 0.25) is 0 Å². The summed E-state index contributed by atoms with van der Waals surface area (Å²) in [6.45, 7) is 4.27. The lowest BCUT2D eigenvalue weighted by Gasteiger charge is -2.26. The maximum Gasteiger partial charge on any atom is 0.0674 e. The molecule has 0 unspecified atom stereocenters. The number of benzene rings is 1. The Morgan fingerprint density at radius 3 is 2.67 bits per heavy atom. The zero-order chi connectivity index (χ0) is 14.3. The van der Waals surface area contributed by atoms with Gasteiger partial charge < -0.3 is 5.32 Å². The highest BCUT2D eigenvalue weighted by Crippen LogP contribution is 2.34. The Labute approximate surface area is 133 Å². The molecule has 1 aromatic heterocycles. The van der Waals surface area contributed by atoms with Gasteiger partial charge in [-0.05, 0) is 56.8 Å². The van der Waals surface area contributed by atoms with Crippen LogP contribution in [0.1, 0.15) is 28.9 Å². The number of aryl methyl sites for hydroxylation is 2. The Bertz CT molecular complexity index is 646. The quantitative estimate of drug-likeness (QED) is 0.923. The number of hydrogen-bond donors (Lipinski definition) is 1. The lowest BCUT2D eigenvalue weighted by atomic mass is 9.83. The van der Waals surface area contributed by atoms with Crippen LogP contribution in [0, 0.1) is 13.8 Å². The first-order chi connectivity index (χ1) is 9.61. The predicted molar refractivity (Wildman–Crippen MR) is 90.2 cm³/mol. The molecule has 0 aliphatic heterocycles. The molecule has 0 bridgehead atoms. The van der Waals surface area contributed by atoms with Crippen LogP contribution in [0.2, 0.25) is 0 Å². The van der Waals surface area contributed by atoms with Crippen LogP contribution in [0.5, 0.6) is 0 Å². The van der Waals surface area contributed by atoms with Gasteiger partial charge in [0.1, 0.15) is 0 Å². The zero-order valence-electron chi connectivity index (χ0n) is 13.2. The van der Waals surface area contributed by atoms with Crippen molar-refractivity contribution in [1.29, 1.82) is 0 Å². The number of nitrogens with zero attached hydrogens (tertiary/aromatic N) is 2. The smallest absolute Gasteiger partial charge is 0.0674 e. The molecular weight excluding hydrogens is 282 g/mol. The summed E-state index contributed by atoms with van der Waals surface area (Å²) in [6.07, 6.45) is 3.52. The van der Waals surface area contributed by atoms with Crippen molar-refractivity contribution in [2.75, 3.05) is 7.05 Å². The molecule has 2 aromatic rings. The molecule has 3 nitrogen and oxygen atoms in total. The van der Waals surface area contributed by atoms with Crippen molar-refractivity contribution in [2.45, 2.75) is 39.2 Å². The van der Waals surface area contributed by atoms with E-state index in [1.165, 1.54) is 34.4 Å². The molecule has 114 valence electrons. The summed E-state index contributed by atoms with van der Waals surface area (Å²) in [5, 5.41) is 7.99. The van der Waals surface area contributed by atoms with Crippen molar-refractivity contribution in [3.63, 3.8) is 0 Å². The van der Waals surface area contributed by atoms with Crippen LogP contribution in [-0.4, -0.2) is 22.9 Å². The molecular formula is C17H24ClN3. The summed E-state index contributed by atoms with van der Waals surface area (Å²) in [5.74, 6) is 0. The number of aromatic nitrogens is 2. The third kappa shape index (κ3) is 2.72. The number of fused-ring (bicyclic) bond motifs is 1. The highest BCUT2D eigenvalue weighted by molar-refractivity contribution is 5.85. The average Bonchev–Trinajstić information content (AvgIpc) is 2.71. The Kier molecular flexibility index (Phi) is 4.74. The van der Waals surface area contributed by atoms with Crippen molar-refractivity contribution >= 4 is 12.4 Å². The summed E-state index contributed by atoms with van der Waals surface area (Å²) < 4.78 is 1.99. The number of rotatable bonds is 2. The molecule has 0 saturated carbocycles. The van der Waals surface area contributed by atoms with Crippen LogP contribution in [0.3, 0.4) is 0 Å². The van der Waals surface area contributed by atoms with Crippen LogP contribution >= 0.6 is 12.4 Å². The van der Waals surface area contributed by atoms with Crippen LogP contribution in [0.4, 0.5) is 0 Å². The first-order valence-electron chi connectivity index (χ1n) is 7.40. The van der Waals surface area contributed by atoms with Crippen LogP contribution < -0.4 is 5.32 Å². The van der Waals surface area contributed by atoms with E-state index in [0.717, 1.165) is 18.5 Å². The predicted octanol–water partition coefficient (Wildman–Crippen LogP) is 3.20. The zero-order valence-corrected chi connectivity index (χ0v) is 14.0. The van der Waals surface area contributed by atoms with Gasteiger partial charge in [-0.3, -0.25) is 4.68 Å². The minimum Gasteiger partial charge on any atom is -0.317 e. The number of hydrogen-bond acceptors (Lipinski definition) is 2. The lowest BCUT2D eigenvalue weighted by molar-refractivity contribution is 0.497. The Morgan fingerprint density at radius 1 is 1.29 bits per heavy atom. The van der Waals surface area contributed by atoms with Crippen molar-refractivity contribution in [2.24, 2.45) is 7.05 Å². The number of likely N-dealkylation sites (N-methyl/N-ethyl adjacent to an activating group) is 1. The highest BCUT2D eigenvalue weighted by Gasteiger charge is 2.22. The third-order valence-electron chi connectivity index (χ3n) is 4.67. The van der Waals surface area contributed by atoms with Gasteiger partial charge in [0, 0.05) is 24.3 Å². The molecule has 1 aliphatic carbocycles. The van der Waals surface area contributed by atoms with E-state index in [1.807, 2.05) is 11.7 Å². The molecule has 0 radical (unpaired) electrons. The monoisotopic (exact) mass is 305 g/mol. The summed E-state index contributed by atoms with van der Waals surface area (Å²) in [5.41, 5.74) is 8.13. The standard InChI is InChI=1S/C17H23N3.ClH/c1-11-17(12(2)20(4)19-11)16-7-5-6-13-10-14(18-3)8-9-15(13)16;/h5-7,14,18H,8-10H2,1-4H3;1H/t14-;/m0./s1. The van der Waals surface area contributed by atoms with E-state index in [9.17, 15) is 0 Å². The molecule has 0 fully saturated rings. The van der Waals surface area contributed by atoms with Crippen molar-refractivity contribution < 1.29 is 0 Å². The fourth-order valence-electron chi connectivity index (χ4n) is 3.45. The van der Waals surface area contributed by atoms with E-state index in [2.05, 4.69) is 49.5 Å². The number of nitrogens with one attached hydrogen (secondary N) is 1. The van der Waals surface area contributed by atoms with Gasteiger partial charge in [0.25, 0.3) is 0 Å². The first-order valence-corrected chi connectivity index (χ1v) is 7.40. The number of halogens is 1. The Balaban J connectivity index is 0.00000161. The molecule has 1 atom stereocenters. The largest absolute Gasteiger partial charge is 0.317 e. The third-order valence-corrected chi connectivity index (χ3v) is 4.67. The molecule has 1 heterocycles. The van der Waals surface area contributed by atoms with E-state index in [1.54, 1.807) is 0 Å². The van der Waals surface area contributed by atoms with E-state index in [-0.39, 0.29) is 12.4 Å². The van der Waals surface area contributed by atoms with Gasteiger partial charge in [0.05, 0.1) is 5.69 Å². The van der Waals surface area contributed by atoms with Gasteiger partial charge >= 0.3 is 0 Å². The SMILES string of the molecule is CN[C@H]1CCc2c(cccc2-c2c(C)nn(C)c2C)C1.Cl. The fourth-order valence-corrected chi connectivity index (χ4v) is 3.45. The van der Waals surface area contributed by atoms with Crippen molar-refractivity contribution in [3.05, 3.63) is 40.7 Å². The Hall–Kier alpha value is -1.32. The molecule has 21 heavy (non-hydrogen) atoms. The minimum absolute atomic E-state index is 0. The Morgan fingerprint density at radius 2 is 2.05 bits per heavy atom. The van der Waals surface area contributed by atoms with E-state index >= 15 is 0 Å². The van der Waals surface area contributed by atoms with Crippen molar-refractivity contribution in [1.82, 2.24) is 15.1 Å². The second-order valence-electron chi connectivity index (χ2n) is 5.84. The van der Waals surface area contributed by atoms with Crippen LogP contribution in [-0.2, 0) is 19.9 Å². The highest BCUT2D eigenvalue weighted by atomic mass is 35.5. The molecule has 0 spiro atoms. The van der Waals surface area contributed by atoms with E-state index in [4.69, 9.17) is 0 Å². The average molecular weight is 306 g/mol. The maximum absolute atomic E-state index is 4.57. The van der Waals surface area contributed by atoms with Gasteiger partial charge in [-0.25, -0.2) is 0 Å². The summed E-state index contributed by atoms with van der Waals surface area (Å²) in [7, 11) is 4.09. The van der Waals surface area contributed by atoms with Crippen molar-refractivity contribution in [3.8, 4) is 11.1 Å². The van der Waals surface area contributed by atoms with Gasteiger partial charge in [-0.2, -0.15) is 5.10 Å². The minimum atomic E-state index is 0. The lowest BCUT2D eigenvalue weighted by Crippen LogP contribution is -2.31. The molecule has 1 aliphatic rings. The molecule has 4 heteroatoms. The summed E-state index contributed by atoms with van der Waals surface area (Å²) in [4.78, 5) is 0. The molecule has 0 amide bonds. The van der Waals surface area contributed by atoms with E-state index < -0.39 is 0 Å². The van der Waals surface area contributed by atoms with Gasteiger partial charge in [-0.1, -0.05) is 18.2 Å². The van der Waals surface area contributed by atoms with Gasteiger partial charge in [-0.15, -0.1) is 12.4 Å². The normalized spacial score (nSPS) is 17.2. The first kappa shape index (κ1) is 16.1. The summed E-state index contributed by atoms with van der Waals surface area (Å²) >= 11 is 0. The second-order valence-corrected chi connectivity index (χ2v) is 5.84. The topological polar surface area (TPSA) is 29.9 Å².